The quantitative estimate of drug-likeness (QED) is 0.383. The molecule has 30 heavy (non-hydrogen) atoms. The van der Waals surface area contributed by atoms with E-state index in [-0.39, 0.29) is 24.2 Å². The summed E-state index contributed by atoms with van der Waals surface area (Å²) in [6, 6.07) is 8.80. The van der Waals surface area contributed by atoms with Gasteiger partial charge in [-0.15, -0.1) is 0 Å². The number of benzene rings is 1. The average Bonchev–Trinajstić information content (AvgIpc) is 3.08. The van der Waals surface area contributed by atoms with Crippen molar-refractivity contribution < 1.29 is 24.2 Å². The second-order valence-electron chi connectivity index (χ2n) is 7.13. The Labute approximate surface area is 172 Å². The van der Waals surface area contributed by atoms with E-state index in [0.717, 1.165) is 10.9 Å². The molecule has 4 rings (SSSR count). The molecule has 3 heterocycles. The van der Waals surface area contributed by atoms with Crippen molar-refractivity contribution in [1.82, 2.24) is 9.55 Å². The van der Waals surface area contributed by atoms with Crippen molar-refractivity contribution in [3.05, 3.63) is 57.4 Å². The van der Waals surface area contributed by atoms with Crippen LogP contribution in [-0.2, 0) is 22.7 Å². The zero-order valence-electron chi connectivity index (χ0n) is 16.5. The number of carbonyl (C=O) groups excluding carboxylic acids is 2. The van der Waals surface area contributed by atoms with Crippen LogP contribution in [0.5, 0.6) is 5.75 Å². The van der Waals surface area contributed by atoms with Crippen LogP contribution >= 0.6 is 0 Å². The Morgan fingerprint density at radius 2 is 2.17 bits per heavy atom. The first-order valence-electron chi connectivity index (χ1n) is 9.55. The first-order valence-corrected chi connectivity index (χ1v) is 9.55. The summed E-state index contributed by atoms with van der Waals surface area (Å²) >= 11 is 0. The van der Waals surface area contributed by atoms with Gasteiger partial charge < -0.3 is 19.1 Å². The van der Waals surface area contributed by atoms with Gasteiger partial charge in [0.1, 0.15) is 12.4 Å². The van der Waals surface area contributed by atoms with Gasteiger partial charge in [-0.2, -0.15) is 0 Å². The van der Waals surface area contributed by atoms with Crippen LogP contribution in [0.1, 0.15) is 36.1 Å². The number of fused-ring (bicyclic) bond motifs is 4. The molecule has 0 fully saturated rings. The molecule has 1 aromatic carbocycles. The Kier molecular flexibility index (Phi) is 5.13. The molecule has 1 atom stereocenters. The van der Waals surface area contributed by atoms with E-state index in [0.29, 0.717) is 41.2 Å². The largest absolute Gasteiger partial charge is 0.463 e. The third-order valence-corrected chi connectivity index (χ3v) is 5.17. The van der Waals surface area contributed by atoms with Crippen molar-refractivity contribution in [2.45, 2.75) is 32.6 Å². The van der Waals surface area contributed by atoms with Crippen LogP contribution in [0.2, 0.25) is 0 Å². The van der Waals surface area contributed by atoms with Gasteiger partial charge >= 0.3 is 0 Å². The summed E-state index contributed by atoms with van der Waals surface area (Å²) in [5.41, 5.74) is 3.18. The number of pyridine rings is 2. The molecule has 0 amide bonds. The van der Waals surface area contributed by atoms with Crippen LogP contribution in [0.3, 0.4) is 0 Å². The Morgan fingerprint density at radius 1 is 1.37 bits per heavy atom. The fourth-order valence-electron chi connectivity index (χ4n) is 3.78. The molecule has 0 spiro atoms. The van der Waals surface area contributed by atoms with E-state index in [9.17, 15) is 19.5 Å². The molecule has 1 aliphatic rings. The maximum atomic E-state index is 13.1. The maximum absolute atomic E-state index is 13.1. The van der Waals surface area contributed by atoms with Crippen molar-refractivity contribution in [2.75, 3.05) is 0 Å². The van der Waals surface area contributed by atoms with Gasteiger partial charge in [0.2, 0.25) is 13.7 Å². The molecule has 0 radical (unpaired) electrons. The summed E-state index contributed by atoms with van der Waals surface area (Å²) in [7, 11) is 1.34. The van der Waals surface area contributed by atoms with E-state index in [1.807, 2.05) is 6.07 Å². The molecule has 1 N–H and O–H groups in total. The summed E-state index contributed by atoms with van der Waals surface area (Å²) in [4.78, 5) is 39.7. The molecule has 3 aromatic rings. The smallest absolute Gasteiger partial charge is 0.293 e. The zero-order chi connectivity index (χ0) is 21.4. The fourth-order valence-corrected chi connectivity index (χ4v) is 3.78. The van der Waals surface area contributed by atoms with E-state index >= 15 is 0 Å². The maximum Gasteiger partial charge on any atom is 0.293 e. The lowest BCUT2D eigenvalue weighted by atomic mass is 10.0. The monoisotopic (exact) mass is 406 g/mol. The van der Waals surface area contributed by atoms with Crippen molar-refractivity contribution >= 4 is 31.1 Å². The minimum absolute atomic E-state index is 0.202. The molecule has 0 unspecified atom stereocenters. The number of aliphatic hydroxyl groups is 1. The van der Waals surface area contributed by atoms with Gasteiger partial charge in [0.05, 0.1) is 35.1 Å². The molecule has 9 heteroatoms. The third-order valence-electron chi connectivity index (χ3n) is 5.17. The summed E-state index contributed by atoms with van der Waals surface area (Å²) in [5.74, 6) is 0.0144. The Morgan fingerprint density at radius 3 is 2.87 bits per heavy atom. The predicted molar refractivity (Wildman–Crippen MR) is 111 cm³/mol. The van der Waals surface area contributed by atoms with Gasteiger partial charge in [0, 0.05) is 10.9 Å². The highest BCUT2D eigenvalue weighted by molar-refractivity contribution is 6.55. The topological polar surface area (TPSA) is 108 Å². The van der Waals surface area contributed by atoms with Crippen LogP contribution in [0.4, 0.5) is 4.79 Å². The fraction of sp³-hybridized carbons (Fsp3) is 0.238. The number of ether oxygens (including phenoxy) is 2. The highest BCUT2D eigenvalue weighted by atomic mass is 16.5. The van der Waals surface area contributed by atoms with Gasteiger partial charge in [-0.1, -0.05) is 6.92 Å². The number of carbonyl (C=O) groups is 2. The highest BCUT2D eigenvalue weighted by Gasteiger charge is 2.27. The highest BCUT2D eigenvalue weighted by Crippen LogP contribution is 2.35. The zero-order valence-corrected chi connectivity index (χ0v) is 16.5. The molecular formula is C21H19BN2O6. The lowest BCUT2D eigenvalue weighted by molar-refractivity contribution is -0.129. The molecule has 0 bridgehead atoms. The number of rotatable bonds is 6. The minimum Gasteiger partial charge on any atom is -0.463 e. The molecule has 0 saturated carbocycles. The van der Waals surface area contributed by atoms with E-state index < -0.39 is 12.0 Å². The molecular weight excluding hydrogens is 387 g/mol. The Balaban J connectivity index is 1.86. The normalized spacial score (nSPS) is 12.9. The van der Waals surface area contributed by atoms with Crippen molar-refractivity contribution in [2.24, 2.45) is 0 Å². The Hall–Kier alpha value is -3.46. The summed E-state index contributed by atoms with van der Waals surface area (Å²) in [6.07, 6.45) is -0.446. The van der Waals surface area contributed by atoms with Gasteiger partial charge in [-0.25, -0.2) is 4.98 Å². The van der Waals surface area contributed by atoms with Gasteiger partial charge in [-0.05, 0) is 42.3 Å². The number of hydrogen-bond donors (Lipinski definition) is 1. The lowest BCUT2D eigenvalue weighted by Crippen LogP contribution is -2.26. The summed E-state index contributed by atoms with van der Waals surface area (Å²) < 4.78 is 11.5. The molecule has 8 nitrogen and oxygen atoms in total. The number of aromatic nitrogens is 2. The van der Waals surface area contributed by atoms with Gasteiger partial charge in [-0.3, -0.25) is 14.4 Å². The van der Waals surface area contributed by atoms with Gasteiger partial charge in [0.15, 0.2) is 0 Å². The first-order chi connectivity index (χ1) is 14.4. The molecule has 1 aliphatic heterocycles. The van der Waals surface area contributed by atoms with Crippen LogP contribution in [0, 0.1) is 0 Å². The van der Waals surface area contributed by atoms with E-state index in [1.165, 1.54) is 7.85 Å². The molecule has 0 saturated heterocycles. The average molecular weight is 406 g/mol. The number of aliphatic hydroxyl groups excluding tert-OH is 1. The SMILES string of the molecule is BC(=O)Oc1ccc2nc3c(cc2c1)Cn1c-3cc([C@@H](O)CC)c(COC=O)c1=O. The third kappa shape index (κ3) is 3.37. The Bertz CT molecular complexity index is 1240. The van der Waals surface area contributed by atoms with Crippen molar-refractivity contribution in [3.63, 3.8) is 0 Å². The molecule has 152 valence electrons. The van der Waals surface area contributed by atoms with Crippen LogP contribution in [0.15, 0.2) is 35.1 Å². The van der Waals surface area contributed by atoms with Crippen LogP contribution in [0.25, 0.3) is 22.3 Å². The predicted octanol–water partition coefficient (Wildman–Crippen LogP) is 1.67. The second-order valence-corrected chi connectivity index (χ2v) is 7.13. The summed E-state index contributed by atoms with van der Waals surface area (Å²) in [5, 5.41) is 11.2. The van der Waals surface area contributed by atoms with E-state index in [2.05, 4.69) is 0 Å². The number of hydrogen-bond acceptors (Lipinski definition) is 7. The van der Waals surface area contributed by atoms with Crippen molar-refractivity contribution in [3.8, 4) is 17.1 Å². The molecule has 2 aromatic heterocycles. The van der Waals surface area contributed by atoms with Crippen molar-refractivity contribution in [1.29, 1.82) is 0 Å². The van der Waals surface area contributed by atoms with E-state index in [1.54, 1.807) is 35.8 Å². The second kappa shape index (κ2) is 7.76. The number of nitrogens with zero attached hydrogens (tertiary/aromatic N) is 2. The lowest BCUT2D eigenvalue weighted by Gasteiger charge is -2.16. The first kappa shape index (κ1) is 19.8. The van der Waals surface area contributed by atoms with Crippen LogP contribution < -0.4 is 10.3 Å². The minimum atomic E-state index is -0.857. The van der Waals surface area contributed by atoms with Crippen LogP contribution in [-0.4, -0.2) is 34.8 Å². The molecule has 0 aliphatic carbocycles. The van der Waals surface area contributed by atoms with Gasteiger partial charge in [0.25, 0.3) is 12.0 Å². The summed E-state index contributed by atoms with van der Waals surface area (Å²) in [6.45, 7) is 2.19. The standard InChI is InChI=1S/C21H19BN2O6/c1-2-18(26)14-7-17-19-12(8-24(17)20(27)15(14)9-29-10-25)5-11-6-13(30-21(22)28)3-4-16(11)23-19/h3-7,10,18,26H,2,8-9,22H2,1H3/t18-/m0/s1. The van der Waals surface area contributed by atoms with E-state index in [4.69, 9.17) is 14.5 Å².